The smallest absolute Gasteiger partial charge is 0.336 e. The van der Waals surface area contributed by atoms with E-state index in [1.807, 2.05) is 11.8 Å². The molecule has 2 rings (SSSR count). The van der Waals surface area contributed by atoms with Crippen LogP contribution in [0.25, 0.3) is 0 Å². The Morgan fingerprint density at radius 2 is 2.17 bits per heavy atom. The number of carbonyl (C=O) groups is 1. The maximum Gasteiger partial charge on any atom is 0.336 e. The molecule has 1 fully saturated rings. The number of halogens is 1. The molecular formula is C11H14BrN3O3. The number of hydrogen-bond acceptors (Lipinski definition) is 6. The zero-order valence-electron chi connectivity index (χ0n) is 10.2. The lowest BCUT2D eigenvalue weighted by Gasteiger charge is -2.35. The van der Waals surface area contributed by atoms with Crippen molar-refractivity contribution in [1.29, 1.82) is 0 Å². The largest absolute Gasteiger partial charge is 0.467 e. The van der Waals surface area contributed by atoms with E-state index in [2.05, 4.69) is 25.9 Å². The SMILES string of the molecule is COC(=O)C1CN(c2ncc(Br)cn2)C[C@@H](C)O1. The Balaban J connectivity index is 2.13. The fraction of sp³-hybridized carbons (Fsp3) is 0.545. The topological polar surface area (TPSA) is 64.5 Å². The van der Waals surface area contributed by atoms with Gasteiger partial charge >= 0.3 is 5.97 Å². The number of nitrogens with zero attached hydrogens (tertiary/aromatic N) is 3. The van der Waals surface area contributed by atoms with Gasteiger partial charge in [-0.25, -0.2) is 14.8 Å². The molecule has 1 saturated heterocycles. The van der Waals surface area contributed by atoms with E-state index in [4.69, 9.17) is 9.47 Å². The van der Waals surface area contributed by atoms with E-state index in [1.165, 1.54) is 7.11 Å². The summed E-state index contributed by atoms with van der Waals surface area (Å²) in [7, 11) is 1.35. The highest BCUT2D eigenvalue weighted by atomic mass is 79.9. The second-order valence-electron chi connectivity index (χ2n) is 4.06. The first-order chi connectivity index (χ1) is 8.60. The Bertz CT molecular complexity index is 426. The number of rotatable bonds is 2. The second kappa shape index (κ2) is 5.62. The monoisotopic (exact) mass is 315 g/mol. The van der Waals surface area contributed by atoms with Gasteiger partial charge in [0.1, 0.15) is 0 Å². The predicted octanol–water partition coefficient (Wildman–Crippen LogP) is 1.01. The van der Waals surface area contributed by atoms with Crippen molar-refractivity contribution in [1.82, 2.24) is 9.97 Å². The molecule has 1 aromatic rings. The van der Waals surface area contributed by atoms with Crippen LogP contribution >= 0.6 is 15.9 Å². The number of morpholine rings is 1. The van der Waals surface area contributed by atoms with Crippen molar-refractivity contribution >= 4 is 27.8 Å². The van der Waals surface area contributed by atoms with Crippen molar-refractivity contribution < 1.29 is 14.3 Å². The summed E-state index contributed by atoms with van der Waals surface area (Å²) in [4.78, 5) is 21.9. The summed E-state index contributed by atoms with van der Waals surface area (Å²) in [6.07, 6.45) is 2.69. The number of esters is 1. The van der Waals surface area contributed by atoms with Crippen LogP contribution in [0.3, 0.4) is 0 Å². The molecule has 0 radical (unpaired) electrons. The van der Waals surface area contributed by atoms with Crippen LogP contribution < -0.4 is 4.90 Å². The van der Waals surface area contributed by atoms with Crippen LogP contribution in [-0.4, -0.2) is 48.3 Å². The minimum Gasteiger partial charge on any atom is -0.467 e. The Hall–Kier alpha value is -1.21. The van der Waals surface area contributed by atoms with E-state index >= 15 is 0 Å². The molecule has 98 valence electrons. The maximum atomic E-state index is 11.5. The minimum atomic E-state index is -0.592. The van der Waals surface area contributed by atoms with Crippen LogP contribution in [0, 0.1) is 0 Å². The number of hydrogen-bond donors (Lipinski definition) is 0. The molecule has 7 heteroatoms. The molecule has 0 spiro atoms. The standard InChI is InChI=1S/C11H14BrN3O3/c1-7-5-15(6-9(18-7)10(16)17-2)11-13-3-8(12)4-14-11/h3-4,7,9H,5-6H2,1-2H3/t7-,9?/m1/s1. The molecule has 0 aromatic carbocycles. The third-order valence-electron chi connectivity index (χ3n) is 2.61. The molecule has 0 bridgehead atoms. The Morgan fingerprint density at radius 3 is 2.78 bits per heavy atom. The average molecular weight is 316 g/mol. The summed E-state index contributed by atoms with van der Waals surface area (Å²) < 4.78 is 11.1. The van der Waals surface area contributed by atoms with Gasteiger partial charge in [-0.3, -0.25) is 0 Å². The Kier molecular flexibility index (Phi) is 4.13. The van der Waals surface area contributed by atoms with Crippen molar-refractivity contribution in [2.24, 2.45) is 0 Å². The van der Waals surface area contributed by atoms with E-state index in [-0.39, 0.29) is 12.1 Å². The van der Waals surface area contributed by atoms with Crippen molar-refractivity contribution in [3.8, 4) is 0 Å². The van der Waals surface area contributed by atoms with E-state index in [0.29, 0.717) is 19.0 Å². The molecular weight excluding hydrogens is 302 g/mol. The molecule has 0 aliphatic carbocycles. The summed E-state index contributed by atoms with van der Waals surface area (Å²) >= 11 is 3.29. The number of methoxy groups -OCH3 is 1. The van der Waals surface area contributed by atoms with Gasteiger partial charge in [-0.15, -0.1) is 0 Å². The number of ether oxygens (including phenoxy) is 2. The highest BCUT2D eigenvalue weighted by Crippen LogP contribution is 2.18. The summed E-state index contributed by atoms with van der Waals surface area (Å²) in [5.41, 5.74) is 0. The first-order valence-electron chi connectivity index (χ1n) is 5.56. The number of aromatic nitrogens is 2. The van der Waals surface area contributed by atoms with E-state index in [0.717, 1.165) is 4.47 Å². The second-order valence-corrected chi connectivity index (χ2v) is 4.98. The number of anilines is 1. The van der Waals surface area contributed by atoms with Gasteiger partial charge in [0.05, 0.1) is 24.2 Å². The molecule has 18 heavy (non-hydrogen) atoms. The van der Waals surface area contributed by atoms with Gasteiger partial charge in [0.2, 0.25) is 5.95 Å². The minimum absolute atomic E-state index is 0.0740. The summed E-state index contributed by atoms with van der Waals surface area (Å²) in [5.74, 6) is 0.214. The third kappa shape index (κ3) is 2.97. The van der Waals surface area contributed by atoms with Gasteiger partial charge in [-0.2, -0.15) is 0 Å². The lowest BCUT2D eigenvalue weighted by atomic mass is 10.2. The highest BCUT2D eigenvalue weighted by Gasteiger charge is 2.32. The molecule has 0 amide bonds. The molecule has 0 saturated carbocycles. The third-order valence-corrected chi connectivity index (χ3v) is 3.02. The Morgan fingerprint density at radius 1 is 1.50 bits per heavy atom. The van der Waals surface area contributed by atoms with Crippen LogP contribution in [0.4, 0.5) is 5.95 Å². The summed E-state index contributed by atoms with van der Waals surface area (Å²) in [6, 6.07) is 0. The number of carbonyl (C=O) groups excluding carboxylic acids is 1. The molecule has 6 nitrogen and oxygen atoms in total. The maximum absolute atomic E-state index is 11.5. The van der Waals surface area contributed by atoms with E-state index < -0.39 is 6.10 Å². The molecule has 0 N–H and O–H groups in total. The predicted molar refractivity (Wildman–Crippen MR) is 68.3 cm³/mol. The van der Waals surface area contributed by atoms with Crippen molar-refractivity contribution in [2.75, 3.05) is 25.1 Å². The zero-order chi connectivity index (χ0) is 13.1. The average Bonchev–Trinajstić information content (AvgIpc) is 2.38. The molecule has 1 aliphatic rings. The summed E-state index contributed by atoms with van der Waals surface area (Å²) in [6.45, 7) is 2.95. The van der Waals surface area contributed by atoms with Gasteiger partial charge in [0.25, 0.3) is 0 Å². The zero-order valence-corrected chi connectivity index (χ0v) is 11.8. The van der Waals surface area contributed by atoms with Gasteiger partial charge < -0.3 is 14.4 Å². The van der Waals surface area contributed by atoms with Crippen molar-refractivity contribution in [3.05, 3.63) is 16.9 Å². The summed E-state index contributed by atoms with van der Waals surface area (Å²) in [5, 5.41) is 0. The molecule has 2 heterocycles. The molecule has 1 aliphatic heterocycles. The highest BCUT2D eigenvalue weighted by molar-refractivity contribution is 9.10. The Labute approximate surface area is 113 Å². The molecule has 2 atom stereocenters. The first-order valence-corrected chi connectivity index (χ1v) is 6.35. The van der Waals surface area contributed by atoms with Crippen molar-refractivity contribution in [3.63, 3.8) is 0 Å². The van der Waals surface area contributed by atoms with Crippen LogP contribution in [0.1, 0.15) is 6.92 Å². The molecule has 1 unspecified atom stereocenters. The van der Waals surface area contributed by atoms with Gasteiger partial charge in [0.15, 0.2) is 6.10 Å². The van der Waals surface area contributed by atoms with Crippen LogP contribution in [0.15, 0.2) is 16.9 Å². The lowest BCUT2D eigenvalue weighted by Crippen LogP contribution is -2.50. The van der Waals surface area contributed by atoms with E-state index in [9.17, 15) is 4.79 Å². The fourth-order valence-corrected chi connectivity index (χ4v) is 2.05. The lowest BCUT2D eigenvalue weighted by molar-refractivity contribution is -0.158. The van der Waals surface area contributed by atoms with Crippen LogP contribution in [-0.2, 0) is 14.3 Å². The quantitative estimate of drug-likeness (QED) is 0.759. The van der Waals surface area contributed by atoms with E-state index in [1.54, 1.807) is 12.4 Å². The van der Waals surface area contributed by atoms with Crippen LogP contribution in [0.5, 0.6) is 0 Å². The van der Waals surface area contributed by atoms with Gasteiger partial charge in [-0.05, 0) is 22.9 Å². The van der Waals surface area contributed by atoms with Gasteiger partial charge in [-0.1, -0.05) is 0 Å². The fourth-order valence-electron chi connectivity index (χ4n) is 1.85. The van der Waals surface area contributed by atoms with Gasteiger partial charge in [0, 0.05) is 18.9 Å². The molecule has 1 aromatic heterocycles. The van der Waals surface area contributed by atoms with Crippen molar-refractivity contribution in [2.45, 2.75) is 19.1 Å². The van der Waals surface area contributed by atoms with Crippen LogP contribution in [0.2, 0.25) is 0 Å². The normalized spacial score (nSPS) is 23.8. The first kappa shape index (κ1) is 13.2.